The maximum Gasteiger partial charge on any atom is 0.283 e. The van der Waals surface area contributed by atoms with Crippen LogP contribution < -0.4 is 5.73 Å². The van der Waals surface area contributed by atoms with Crippen LogP contribution in [-0.2, 0) is 10.3 Å². The predicted molar refractivity (Wildman–Crippen MR) is 74.9 cm³/mol. The molecule has 1 saturated carbocycles. The Morgan fingerprint density at radius 3 is 2.70 bits per heavy atom. The molecule has 0 radical (unpaired) electrons. The molecule has 124 valence electrons. The van der Waals surface area contributed by atoms with E-state index in [1.54, 1.807) is 0 Å². The fraction of sp³-hybridized carbons (Fsp3) is 0.500. The van der Waals surface area contributed by atoms with Gasteiger partial charge in [-0.1, -0.05) is 0 Å². The molecule has 0 bridgehead atoms. The van der Waals surface area contributed by atoms with Crippen LogP contribution in [0, 0.1) is 15.9 Å². The lowest BCUT2D eigenvalue weighted by atomic mass is 9.82. The third kappa shape index (κ3) is 2.40. The van der Waals surface area contributed by atoms with E-state index >= 15 is 0 Å². The predicted octanol–water partition coefficient (Wildman–Crippen LogP) is 2.50. The number of aliphatic imine (C=N–C) groups is 1. The first-order chi connectivity index (χ1) is 10.7. The zero-order valence-electron chi connectivity index (χ0n) is 12.1. The third-order valence-electron chi connectivity index (χ3n) is 4.34. The number of nitro groups is 1. The average molecular weight is 329 g/mol. The van der Waals surface area contributed by atoms with Gasteiger partial charge in [0.1, 0.15) is 11.4 Å². The summed E-state index contributed by atoms with van der Waals surface area (Å²) in [5.74, 6) is -0.887. The second-order valence-corrected chi connectivity index (χ2v) is 5.99. The summed E-state index contributed by atoms with van der Waals surface area (Å²) in [4.78, 5) is 13.9. The lowest BCUT2D eigenvalue weighted by molar-refractivity contribution is -0.385. The van der Waals surface area contributed by atoms with Crippen molar-refractivity contribution in [3.63, 3.8) is 0 Å². The van der Waals surface area contributed by atoms with E-state index in [1.165, 1.54) is 6.92 Å². The normalized spacial score (nSPS) is 31.9. The van der Waals surface area contributed by atoms with Gasteiger partial charge in [-0.3, -0.25) is 10.1 Å². The first-order valence-electron chi connectivity index (χ1n) is 6.97. The first-order valence-corrected chi connectivity index (χ1v) is 6.97. The summed E-state index contributed by atoms with van der Waals surface area (Å²) in [7, 11) is 0. The highest BCUT2D eigenvalue weighted by Crippen LogP contribution is 2.51. The molecule has 9 heteroatoms. The number of ether oxygens (including phenoxy) is 1. The Hall–Kier alpha value is -2.32. The van der Waals surface area contributed by atoms with Gasteiger partial charge in [0.2, 0.25) is 0 Å². The summed E-state index contributed by atoms with van der Waals surface area (Å²) < 4.78 is 48.4. The second kappa shape index (κ2) is 4.84. The second-order valence-electron chi connectivity index (χ2n) is 5.99. The van der Waals surface area contributed by atoms with E-state index in [4.69, 9.17) is 10.5 Å². The highest BCUT2D eigenvalue weighted by atomic mass is 19.2. The molecule has 0 spiro atoms. The van der Waals surface area contributed by atoms with Gasteiger partial charge in [0.05, 0.1) is 4.92 Å². The molecule has 1 aromatic carbocycles. The number of rotatable bonds is 3. The quantitative estimate of drug-likeness (QED) is 0.681. The number of hydrogen-bond acceptors (Lipinski definition) is 5. The van der Waals surface area contributed by atoms with Gasteiger partial charge in [-0.05, 0) is 25.8 Å². The molecule has 0 amide bonds. The Bertz CT molecular complexity index is 708. The molecule has 3 rings (SSSR count). The van der Waals surface area contributed by atoms with Crippen molar-refractivity contribution in [1.29, 1.82) is 0 Å². The number of hydrogen-bond donors (Lipinski definition) is 1. The maximum atomic E-state index is 14.9. The lowest BCUT2D eigenvalue weighted by Gasteiger charge is -2.39. The number of alkyl halides is 2. The molecular formula is C14H14F3N3O3. The van der Waals surface area contributed by atoms with Crippen LogP contribution in [0.15, 0.2) is 23.2 Å². The van der Waals surface area contributed by atoms with Crippen LogP contribution in [0.1, 0.15) is 25.3 Å². The fourth-order valence-electron chi connectivity index (χ4n) is 2.80. The van der Waals surface area contributed by atoms with Gasteiger partial charge in [-0.25, -0.2) is 18.2 Å². The molecule has 1 heterocycles. The van der Waals surface area contributed by atoms with Crippen molar-refractivity contribution in [2.75, 3.05) is 0 Å². The van der Waals surface area contributed by atoms with E-state index < -0.39 is 45.9 Å². The number of amidine groups is 1. The van der Waals surface area contributed by atoms with E-state index in [9.17, 15) is 23.3 Å². The van der Waals surface area contributed by atoms with Gasteiger partial charge in [0.25, 0.3) is 11.7 Å². The fourth-order valence-corrected chi connectivity index (χ4v) is 2.80. The maximum absolute atomic E-state index is 14.9. The first kappa shape index (κ1) is 15.6. The largest absolute Gasteiger partial charge is 0.455 e. The van der Waals surface area contributed by atoms with E-state index in [-0.39, 0.29) is 18.4 Å². The highest BCUT2D eigenvalue weighted by molar-refractivity contribution is 5.74. The Morgan fingerprint density at radius 2 is 2.13 bits per heavy atom. The SMILES string of the molecule is C[C@]1(c2cc([N+](=O)[O-])ccc2F)N=C(N)O[C@H](C2(F)CC2)[C@@H]1F. The Labute approximate surface area is 129 Å². The third-order valence-corrected chi connectivity index (χ3v) is 4.34. The summed E-state index contributed by atoms with van der Waals surface area (Å²) in [5.41, 5.74) is 0.938. The van der Waals surface area contributed by atoms with Crippen LogP contribution in [0.25, 0.3) is 0 Å². The van der Waals surface area contributed by atoms with E-state index in [1.807, 2.05) is 0 Å². The van der Waals surface area contributed by atoms with Crippen LogP contribution in [0.3, 0.4) is 0 Å². The zero-order chi connectivity index (χ0) is 17.0. The van der Waals surface area contributed by atoms with E-state index in [2.05, 4.69) is 4.99 Å². The number of benzene rings is 1. The molecular weight excluding hydrogens is 315 g/mol. The van der Waals surface area contributed by atoms with E-state index in [0.29, 0.717) is 0 Å². The van der Waals surface area contributed by atoms with Crippen molar-refractivity contribution in [1.82, 2.24) is 0 Å². The topological polar surface area (TPSA) is 90.8 Å². The molecule has 2 N–H and O–H groups in total. The standard InChI is InChI=1S/C14H14F3N3O3/c1-13(8-6-7(20(21)22)2-3-9(8)15)10(16)11(14(17)4-5-14)23-12(18)19-13/h2-3,6,10-11H,4-5H2,1H3,(H2,18,19)/t10-,11-,13+/m0/s1. The molecule has 3 atom stereocenters. The summed E-state index contributed by atoms with van der Waals surface area (Å²) in [6.07, 6.45) is -3.35. The Kier molecular flexibility index (Phi) is 3.27. The van der Waals surface area contributed by atoms with Crippen molar-refractivity contribution in [3.05, 3.63) is 39.7 Å². The van der Waals surface area contributed by atoms with Crippen LogP contribution >= 0.6 is 0 Å². The minimum absolute atomic E-state index is 0.110. The molecule has 0 aromatic heterocycles. The van der Waals surface area contributed by atoms with Gasteiger partial charge >= 0.3 is 0 Å². The van der Waals surface area contributed by atoms with Crippen LogP contribution in [0.2, 0.25) is 0 Å². The molecule has 1 aliphatic carbocycles. The van der Waals surface area contributed by atoms with Crippen LogP contribution in [0.4, 0.5) is 18.9 Å². The molecule has 2 aliphatic rings. The summed E-state index contributed by atoms with van der Waals surface area (Å²) in [5, 5.41) is 10.9. The van der Waals surface area contributed by atoms with E-state index in [0.717, 1.165) is 18.2 Å². The monoisotopic (exact) mass is 329 g/mol. The minimum Gasteiger partial charge on any atom is -0.455 e. The number of non-ortho nitro benzene ring substituents is 1. The zero-order valence-corrected chi connectivity index (χ0v) is 12.1. The van der Waals surface area contributed by atoms with Crippen molar-refractivity contribution in [2.24, 2.45) is 10.7 Å². The minimum atomic E-state index is -2.04. The Balaban J connectivity index is 2.11. The summed E-state index contributed by atoms with van der Waals surface area (Å²) >= 11 is 0. The number of halogens is 3. The molecule has 23 heavy (non-hydrogen) atoms. The van der Waals surface area contributed by atoms with Crippen LogP contribution in [-0.4, -0.2) is 28.9 Å². The summed E-state index contributed by atoms with van der Waals surface area (Å²) in [6, 6.07) is 2.22. The Morgan fingerprint density at radius 1 is 1.48 bits per heavy atom. The highest BCUT2D eigenvalue weighted by Gasteiger charge is 2.62. The lowest BCUT2D eigenvalue weighted by Crippen LogP contribution is -2.54. The molecule has 0 saturated heterocycles. The van der Waals surface area contributed by atoms with Crippen molar-refractivity contribution in [3.8, 4) is 0 Å². The average Bonchev–Trinajstić information content (AvgIpc) is 3.21. The molecule has 1 fully saturated rings. The van der Waals surface area contributed by atoms with Crippen LogP contribution in [0.5, 0.6) is 0 Å². The van der Waals surface area contributed by atoms with Gasteiger partial charge in [-0.2, -0.15) is 0 Å². The van der Waals surface area contributed by atoms with Crippen molar-refractivity contribution in [2.45, 2.75) is 43.2 Å². The van der Waals surface area contributed by atoms with Gasteiger partial charge in [-0.15, -0.1) is 0 Å². The molecule has 1 aromatic rings. The van der Waals surface area contributed by atoms with Gasteiger partial charge < -0.3 is 10.5 Å². The molecule has 0 unspecified atom stereocenters. The van der Waals surface area contributed by atoms with Crippen molar-refractivity contribution < 1.29 is 22.8 Å². The van der Waals surface area contributed by atoms with Gasteiger partial charge in [0.15, 0.2) is 17.9 Å². The number of nitrogens with two attached hydrogens (primary N) is 1. The smallest absolute Gasteiger partial charge is 0.283 e. The van der Waals surface area contributed by atoms with Crippen molar-refractivity contribution >= 4 is 11.7 Å². The summed E-state index contributed by atoms with van der Waals surface area (Å²) in [6.45, 7) is 1.22. The number of nitrogens with zero attached hydrogens (tertiary/aromatic N) is 2. The number of nitro benzene ring substituents is 1. The van der Waals surface area contributed by atoms with Gasteiger partial charge in [0, 0.05) is 17.7 Å². The molecule has 6 nitrogen and oxygen atoms in total. The molecule has 1 aliphatic heterocycles.